The number of aliphatic carboxylic acids is 1. The normalized spacial score (nSPS) is 10.9. The Morgan fingerprint density at radius 2 is 1.66 bits per heavy atom. The summed E-state index contributed by atoms with van der Waals surface area (Å²) < 4.78 is 15.1. The zero-order valence-corrected chi connectivity index (χ0v) is 15.4. The van der Waals surface area contributed by atoms with Gasteiger partial charge in [0.1, 0.15) is 5.82 Å². The van der Waals surface area contributed by atoms with E-state index in [1.807, 2.05) is 47.2 Å². The second kappa shape index (κ2) is 8.93. The summed E-state index contributed by atoms with van der Waals surface area (Å²) in [6.45, 7) is 0.453. The van der Waals surface area contributed by atoms with Gasteiger partial charge in [-0.05, 0) is 47.0 Å². The zero-order chi connectivity index (χ0) is 20.8. The largest absolute Gasteiger partial charge is 0.475 e. The molecule has 0 radical (unpaired) electrons. The Bertz CT molecular complexity index is 1070. The molecular formula is C23H18FNO4. The van der Waals surface area contributed by atoms with E-state index < -0.39 is 24.0 Å². The summed E-state index contributed by atoms with van der Waals surface area (Å²) in [5, 5.41) is 8.62. The molecule has 0 saturated heterocycles. The number of hydrogen-bond acceptors (Lipinski definition) is 3. The molecule has 0 unspecified atom stereocenters. The van der Waals surface area contributed by atoms with E-state index in [1.54, 1.807) is 18.2 Å². The number of carbonyl (C=O) groups excluding carboxylic acids is 2. The average Bonchev–Trinajstić information content (AvgIpc) is 3.11. The van der Waals surface area contributed by atoms with Gasteiger partial charge in [-0.15, -0.1) is 0 Å². The summed E-state index contributed by atoms with van der Waals surface area (Å²) >= 11 is 0. The van der Waals surface area contributed by atoms with Crippen LogP contribution in [0, 0.1) is 5.82 Å². The molecule has 0 aliphatic carbocycles. The highest BCUT2D eigenvalue weighted by Crippen LogP contribution is 2.24. The summed E-state index contributed by atoms with van der Waals surface area (Å²) in [6, 6.07) is 17.7. The number of Topliss-reactive ketones (excluding diaryl/α,β-unsaturated/α-hetero) is 1. The summed E-state index contributed by atoms with van der Waals surface area (Å²) in [7, 11) is 0. The first-order chi connectivity index (χ1) is 13.9. The first kappa shape index (κ1) is 19.9. The number of halogens is 1. The average molecular weight is 391 g/mol. The lowest BCUT2D eigenvalue weighted by atomic mass is 10.1. The Balaban J connectivity index is 1.89. The Morgan fingerprint density at radius 3 is 2.31 bits per heavy atom. The quantitative estimate of drug-likeness (QED) is 0.358. The predicted molar refractivity (Wildman–Crippen MR) is 107 cm³/mol. The van der Waals surface area contributed by atoms with Crippen LogP contribution in [-0.4, -0.2) is 27.2 Å². The van der Waals surface area contributed by atoms with E-state index in [4.69, 9.17) is 5.11 Å². The molecule has 0 bridgehead atoms. The molecule has 3 rings (SSSR count). The van der Waals surface area contributed by atoms with E-state index in [1.165, 1.54) is 18.2 Å². The van der Waals surface area contributed by atoms with Crippen molar-refractivity contribution in [3.63, 3.8) is 0 Å². The summed E-state index contributed by atoms with van der Waals surface area (Å²) in [6.07, 6.45) is 3.99. The number of allylic oxidation sites excluding steroid dienone is 1. The third-order valence-electron chi connectivity index (χ3n) is 4.32. The number of nitrogens with zero attached hydrogens (tertiary/aromatic N) is 1. The molecule has 0 spiro atoms. The van der Waals surface area contributed by atoms with Gasteiger partial charge in [-0.2, -0.15) is 0 Å². The van der Waals surface area contributed by atoms with Gasteiger partial charge < -0.3 is 9.67 Å². The van der Waals surface area contributed by atoms with Gasteiger partial charge in [0.15, 0.2) is 5.78 Å². The van der Waals surface area contributed by atoms with Gasteiger partial charge in [0.25, 0.3) is 0 Å². The van der Waals surface area contributed by atoms with Crippen LogP contribution in [0.1, 0.15) is 17.7 Å². The van der Waals surface area contributed by atoms with Crippen LogP contribution in [0.3, 0.4) is 0 Å². The topological polar surface area (TPSA) is 76.4 Å². The van der Waals surface area contributed by atoms with Crippen LogP contribution in [0.25, 0.3) is 17.2 Å². The van der Waals surface area contributed by atoms with Crippen molar-refractivity contribution in [1.82, 2.24) is 4.57 Å². The molecule has 6 heteroatoms. The number of hydrogen-bond donors (Lipinski definition) is 1. The number of carbonyl (C=O) groups is 3. The molecule has 3 aromatic rings. The van der Waals surface area contributed by atoms with E-state index >= 15 is 0 Å². The molecule has 1 aromatic heterocycles. The molecule has 0 atom stereocenters. The molecule has 0 aliphatic rings. The van der Waals surface area contributed by atoms with Crippen LogP contribution in [0.15, 0.2) is 72.9 Å². The minimum absolute atomic E-state index is 0.319. The van der Waals surface area contributed by atoms with Crippen molar-refractivity contribution in [3.05, 3.63) is 90.0 Å². The van der Waals surface area contributed by atoms with Gasteiger partial charge in [0.2, 0.25) is 5.78 Å². The Labute approximate surface area is 166 Å². The molecule has 0 fully saturated rings. The van der Waals surface area contributed by atoms with Crippen molar-refractivity contribution in [2.75, 3.05) is 0 Å². The van der Waals surface area contributed by atoms with Crippen LogP contribution in [0.2, 0.25) is 0 Å². The third kappa shape index (κ3) is 5.35. The first-order valence-electron chi connectivity index (χ1n) is 8.89. The minimum Gasteiger partial charge on any atom is -0.475 e. The fraction of sp³-hybridized carbons (Fsp3) is 0.0870. The Kier molecular flexibility index (Phi) is 6.14. The van der Waals surface area contributed by atoms with Crippen molar-refractivity contribution in [2.24, 2.45) is 0 Å². The number of carboxylic acids is 1. The van der Waals surface area contributed by atoms with Gasteiger partial charge in [-0.3, -0.25) is 9.59 Å². The second-order valence-electron chi connectivity index (χ2n) is 6.48. The molecule has 0 amide bonds. The maximum Gasteiger partial charge on any atom is 0.372 e. The number of ketones is 2. The van der Waals surface area contributed by atoms with Gasteiger partial charge in [-0.1, -0.05) is 42.5 Å². The van der Waals surface area contributed by atoms with Crippen molar-refractivity contribution in [2.45, 2.75) is 13.0 Å². The van der Waals surface area contributed by atoms with Gasteiger partial charge >= 0.3 is 5.97 Å². The molecule has 0 aliphatic heterocycles. The van der Waals surface area contributed by atoms with Gasteiger partial charge in [0, 0.05) is 18.4 Å². The second-order valence-corrected chi connectivity index (χ2v) is 6.48. The molecule has 1 heterocycles. The van der Waals surface area contributed by atoms with Crippen molar-refractivity contribution >= 4 is 23.6 Å². The van der Waals surface area contributed by atoms with E-state index in [0.29, 0.717) is 12.2 Å². The fourth-order valence-electron chi connectivity index (χ4n) is 2.85. The number of benzene rings is 2. The van der Waals surface area contributed by atoms with Crippen LogP contribution >= 0.6 is 0 Å². The third-order valence-corrected chi connectivity index (χ3v) is 4.32. The molecule has 29 heavy (non-hydrogen) atoms. The lowest BCUT2D eigenvalue weighted by Crippen LogP contribution is -2.15. The molecule has 5 nitrogen and oxygen atoms in total. The van der Waals surface area contributed by atoms with Crippen LogP contribution < -0.4 is 0 Å². The number of rotatable bonds is 8. The standard InChI is InChI=1S/C23H18FNO4/c24-19-8-6-16(7-9-19)14-25-15-18(17-4-2-1-3-5-17)12-20(25)10-11-21(26)13-22(27)23(28)29/h1-12,15H,13-14H2,(H,28,29)/b11-10+. The highest BCUT2D eigenvalue weighted by molar-refractivity contribution is 6.37. The molecule has 146 valence electrons. The Hall–Kier alpha value is -3.80. The predicted octanol–water partition coefficient (Wildman–Crippen LogP) is 3.97. The maximum atomic E-state index is 13.2. The van der Waals surface area contributed by atoms with Crippen LogP contribution in [0.4, 0.5) is 4.39 Å². The van der Waals surface area contributed by atoms with Crippen molar-refractivity contribution in [1.29, 1.82) is 0 Å². The minimum atomic E-state index is -1.63. The zero-order valence-electron chi connectivity index (χ0n) is 15.4. The van der Waals surface area contributed by atoms with E-state index in [-0.39, 0.29) is 5.82 Å². The summed E-state index contributed by atoms with van der Waals surface area (Å²) in [5.41, 5.74) is 3.50. The van der Waals surface area contributed by atoms with E-state index in [9.17, 15) is 18.8 Å². The van der Waals surface area contributed by atoms with Crippen molar-refractivity contribution in [3.8, 4) is 11.1 Å². The lowest BCUT2D eigenvalue weighted by molar-refractivity contribution is -0.149. The smallest absolute Gasteiger partial charge is 0.372 e. The Morgan fingerprint density at radius 1 is 0.966 bits per heavy atom. The molecule has 1 N–H and O–H groups in total. The number of aromatic nitrogens is 1. The summed E-state index contributed by atoms with van der Waals surface area (Å²) in [5.74, 6) is -3.68. The van der Waals surface area contributed by atoms with Crippen LogP contribution in [0.5, 0.6) is 0 Å². The molecule has 0 saturated carbocycles. The van der Waals surface area contributed by atoms with Crippen LogP contribution in [-0.2, 0) is 20.9 Å². The number of carboxylic acid groups (broad SMARTS) is 1. The lowest BCUT2D eigenvalue weighted by Gasteiger charge is -2.06. The summed E-state index contributed by atoms with van der Waals surface area (Å²) in [4.78, 5) is 33.7. The highest BCUT2D eigenvalue weighted by atomic mass is 19.1. The monoisotopic (exact) mass is 391 g/mol. The van der Waals surface area contributed by atoms with Gasteiger partial charge in [0.05, 0.1) is 6.42 Å². The highest BCUT2D eigenvalue weighted by Gasteiger charge is 2.15. The first-order valence-corrected chi connectivity index (χ1v) is 8.89. The maximum absolute atomic E-state index is 13.2. The molecular weight excluding hydrogens is 373 g/mol. The van der Waals surface area contributed by atoms with E-state index in [2.05, 4.69) is 0 Å². The van der Waals surface area contributed by atoms with Gasteiger partial charge in [-0.25, -0.2) is 9.18 Å². The SMILES string of the molecule is O=C(/C=C/c1cc(-c2ccccc2)cn1Cc1ccc(F)cc1)CC(=O)C(=O)O. The van der Waals surface area contributed by atoms with E-state index in [0.717, 1.165) is 16.7 Å². The van der Waals surface area contributed by atoms with Crippen molar-refractivity contribution < 1.29 is 23.9 Å². The molecule has 2 aromatic carbocycles. The fourth-order valence-corrected chi connectivity index (χ4v) is 2.85.